The van der Waals surface area contributed by atoms with E-state index >= 15 is 0 Å². The zero-order valence-electron chi connectivity index (χ0n) is 10.3. The van der Waals surface area contributed by atoms with E-state index in [1.54, 1.807) is 12.3 Å². The highest BCUT2D eigenvalue weighted by Gasteiger charge is 2.44. The van der Waals surface area contributed by atoms with Crippen molar-refractivity contribution < 1.29 is 24.8 Å². The first-order chi connectivity index (χ1) is 9.08. The van der Waals surface area contributed by atoms with Crippen molar-refractivity contribution in [1.82, 2.24) is 4.98 Å². The van der Waals surface area contributed by atoms with Gasteiger partial charge in [0.25, 0.3) is 0 Å². The first-order valence-corrected chi connectivity index (χ1v) is 6.76. The zero-order chi connectivity index (χ0) is 14.0. The Morgan fingerprint density at radius 1 is 1.53 bits per heavy atom. The minimum Gasteiger partial charge on any atom is -0.477 e. The van der Waals surface area contributed by atoms with Gasteiger partial charge in [-0.3, -0.25) is 5.41 Å². The third-order valence-corrected chi connectivity index (χ3v) is 3.74. The summed E-state index contributed by atoms with van der Waals surface area (Å²) in [5.74, 6) is -0.0447. The number of hydrogen-bond acceptors (Lipinski definition) is 8. The molecular formula is C11H16N2O5S. The normalized spacial score (nSPS) is 30.5. The van der Waals surface area contributed by atoms with E-state index in [1.165, 1.54) is 11.3 Å². The Morgan fingerprint density at radius 2 is 2.26 bits per heavy atom. The molecule has 1 aliphatic rings. The van der Waals surface area contributed by atoms with E-state index in [0.29, 0.717) is 17.3 Å². The van der Waals surface area contributed by atoms with Crippen LogP contribution < -0.4 is 0 Å². The van der Waals surface area contributed by atoms with Crippen molar-refractivity contribution in [3.05, 3.63) is 16.1 Å². The van der Waals surface area contributed by atoms with Crippen LogP contribution in [0, 0.1) is 5.41 Å². The van der Waals surface area contributed by atoms with Gasteiger partial charge in [0.2, 0.25) is 5.90 Å². The largest absolute Gasteiger partial charge is 0.477 e. The summed E-state index contributed by atoms with van der Waals surface area (Å²) in [7, 11) is 0. The fraction of sp³-hybridized carbons (Fsp3) is 0.636. The molecule has 0 saturated carbocycles. The molecule has 1 aromatic rings. The molecule has 1 fully saturated rings. The van der Waals surface area contributed by atoms with E-state index in [0.717, 1.165) is 0 Å². The molecule has 0 unspecified atom stereocenters. The molecule has 0 radical (unpaired) electrons. The van der Waals surface area contributed by atoms with E-state index in [2.05, 4.69) is 4.98 Å². The van der Waals surface area contributed by atoms with Gasteiger partial charge in [-0.15, -0.1) is 11.3 Å². The van der Waals surface area contributed by atoms with Crippen LogP contribution in [0.3, 0.4) is 0 Å². The Labute approximate surface area is 114 Å². The van der Waals surface area contributed by atoms with Crippen LogP contribution in [-0.2, 0) is 9.47 Å². The van der Waals surface area contributed by atoms with Crippen molar-refractivity contribution in [2.24, 2.45) is 0 Å². The second kappa shape index (κ2) is 5.93. The van der Waals surface area contributed by atoms with Gasteiger partial charge in [-0.05, 0) is 6.92 Å². The summed E-state index contributed by atoms with van der Waals surface area (Å²) in [6, 6.07) is 0. The van der Waals surface area contributed by atoms with Crippen LogP contribution in [0.1, 0.15) is 23.7 Å². The van der Waals surface area contributed by atoms with Crippen molar-refractivity contribution in [3.8, 4) is 0 Å². The number of thiazole rings is 1. The molecule has 0 amide bonds. The van der Waals surface area contributed by atoms with Crippen LogP contribution in [-0.4, -0.2) is 57.7 Å². The van der Waals surface area contributed by atoms with Gasteiger partial charge in [0.15, 0.2) is 0 Å². The maximum Gasteiger partial charge on any atom is 0.233 e. The van der Waals surface area contributed by atoms with Gasteiger partial charge in [-0.25, -0.2) is 4.98 Å². The van der Waals surface area contributed by atoms with Crippen LogP contribution in [0.4, 0.5) is 0 Å². The first kappa shape index (κ1) is 14.4. The Kier molecular flexibility index (Phi) is 4.48. The average Bonchev–Trinajstić information content (AvgIpc) is 2.97. The lowest BCUT2D eigenvalue weighted by atomic mass is 10.1. The van der Waals surface area contributed by atoms with Gasteiger partial charge in [-0.1, -0.05) is 0 Å². The van der Waals surface area contributed by atoms with Crippen LogP contribution in [0.5, 0.6) is 0 Å². The number of aliphatic hydroxyl groups is 3. The topological polar surface area (TPSA) is 116 Å². The molecular weight excluding hydrogens is 272 g/mol. The number of nitrogens with one attached hydrogen (secondary N) is 1. The van der Waals surface area contributed by atoms with Crippen molar-refractivity contribution >= 4 is 17.2 Å². The highest BCUT2D eigenvalue weighted by Crippen LogP contribution is 2.35. The molecule has 1 aromatic heterocycles. The lowest BCUT2D eigenvalue weighted by Crippen LogP contribution is -2.32. The quantitative estimate of drug-likeness (QED) is 0.445. The molecule has 0 bridgehead atoms. The van der Waals surface area contributed by atoms with Gasteiger partial charge in [0.05, 0.1) is 13.2 Å². The predicted molar refractivity (Wildman–Crippen MR) is 67.3 cm³/mol. The third kappa shape index (κ3) is 2.77. The van der Waals surface area contributed by atoms with E-state index in [-0.39, 0.29) is 12.5 Å². The summed E-state index contributed by atoms with van der Waals surface area (Å²) in [4.78, 5) is 4.16. The van der Waals surface area contributed by atoms with E-state index in [9.17, 15) is 10.2 Å². The maximum atomic E-state index is 9.86. The highest BCUT2D eigenvalue weighted by atomic mass is 32.1. The Morgan fingerprint density at radius 3 is 2.84 bits per heavy atom. The lowest BCUT2D eigenvalue weighted by molar-refractivity contribution is -0.0228. The third-order valence-electron chi connectivity index (χ3n) is 2.83. The van der Waals surface area contributed by atoms with Gasteiger partial charge in [0, 0.05) is 5.38 Å². The number of aliphatic hydroxyl groups excluding tert-OH is 3. The highest BCUT2D eigenvalue weighted by molar-refractivity contribution is 7.09. The van der Waals surface area contributed by atoms with E-state index < -0.39 is 24.4 Å². The van der Waals surface area contributed by atoms with Gasteiger partial charge < -0.3 is 24.8 Å². The number of hydrogen-bond donors (Lipinski definition) is 4. The summed E-state index contributed by atoms with van der Waals surface area (Å²) in [6.07, 6.45) is -3.90. The molecule has 1 aliphatic heterocycles. The number of nitrogens with zero attached hydrogens (tertiary/aromatic N) is 1. The summed E-state index contributed by atoms with van der Waals surface area (Å²) in [5.41, 5.74) is 0.361. The minimum absolute atomic E-state index is 0.0447. The molecule has 0 aliphatic carbocycles. The van der Waals surface area contributed by atoms with Crippen molar-refractivity contribution in [1.29, 1.82) is 5.41 Å². The van der Waals surface area contributed by atoms with E-state index in [4.69, 9.17) is 20.0 Å². The van der Waals surface area contributed by atoms with Gasteiger partial charge in [0.1, 0.15) is 35.1 Å². The molecule has 7 nitrogen and oxygen atoms in total. The standard InChI is InChI=1S/C11H16N2O5S/c1-2-17-10(12)5-4-19-11(13-5)9-8(16)7(15)6(3-14)18-9/h4,6-9,12,14-16H,2-3H2,1H3/t6-,7-,8-,9-/m1/s1. The summed E-state index contributed by atoms with van der Waals surface area (Å²) >= 11 is 1.21. The summed E-state index contributed by atoms with van der Waals surface area (Å²) < 4.78 is 10.4. The maximum absolute atomic E-state index is 9.86. The number of rotatable bonds is 4. The molecule has 0 aromatic carbocycles. The molecule has 8 heteroatoms. The summed E-state index contributed by atoms with van der Waals surface area (Å²) in [6.45, 7) is 1.77. The van der Waals surface area contributed by atoms with Crippen molar-refractivity contribution in [2.45, 2.75) is 31.3 Å². The van der Waals surface area contributed by atoms with Gasteiger partial charge in [-0.2, -0.15) is 0 Å². The molecule has 2 heterocycles. The zero-order valence-corrected chi connectivity index (χ0v) is 11.1. The van der Waals surface area contributed by atoms with Crippen molar-refractivity contribution in [3.63, 3.8) is 0 Å². The average molecular weight is 288 g/mol. The Hall–Kier alpha value is -1.06. The van der Waals surface area contributed by atoms with Crippen LogP contribution in [0.25, 0.3) is 0 Å². The number of ether oxygens (including phenoxy) is 2. The van der Waals surface area contributed by atoms with Crippen LogP contribution in [0.15, 0.2) is 5.38 Å². The van der Waals surface area contributed by atoms with Crippen LogP contribution >= 0.6 is 11.3 Å². The lowest BCUT2D eigenvalue weighted by Gasteiger charge is -2.11. The van der Waals surface area contributed by atoms with Crippen molar-refractivity contribution in [2.75, 3.05) is 13.2 Å². The fourth-order valence-corrected chi connectivity index (χ4v) is 2.72. The van der Waals surface area contributed by atoms with E-state index in [1.807, 2.05) is 0 Å². The summed E-state index contributed by atoms with van der Waals surface area (Å²) in [5, 5.41) is 38.2. The Balaban J connectivity index is 2.13. The second-order valence-electron chi connectivity index (χ2n) is 4.09. The smallest absolute Gasteiger partial charge is 0.233 e. The molecule has 19 heavy (non-hydrogen) atoms. The molecule has 4 N–H and O–H groups in total. The molecule has 0 spiro atoms. The molecule has 106 valence electrons. The van der Waals surface area contributed by atoms with Gasteiger partial charge >= 0.3 is 0 Å². The molecule has 2 rings (SSSR count). The minimum atomic E-state index is -1.14. The fourth-order valence-electron chi connectivity index (χ4n) is 1.84. The monoisotopic (exact) mass is 288 g/mol. The predicted octanol–water partition coefficient (Wildman–Crippen LogP) is -0.341. The second-order valence-corrected chi connectivity index (χ2v) is 4.98. The Bertz CT molecular complexity index is 452. The molecule has 1 saturated heterocycles. The SMILES string of the molecule is CCOC(=N)c1csc([C@@H]2O[C@H](CO)[C@@H](O)[C@H]2O)n1. The molecule has 4 atom stereocenters. The van der Waals surface area contributed by atoms with Crippen LogP contribution in [0.2, 0.25) is 0 Å². The number of aromatic nitrogens is 1. The first-order valence-electron chi connectivity index (χ1n) is 5.88.